The first-order chi connectivity index (χ1) is 10.7. The van der Waals surface area contributed by atoms with E-state index in [0.29, 0.717) is 0 Å². The molecule has 3 nitrogen and oxygen atoms in total. The van der Waals surface area contributed by atoms with Crippen molar-refractivity contribution in [1.82, 2.24) is 10.3 Å². The molecule has 0 saturated carbocycles. The summed E-state index contributed by atoms with van der Waals surface area (Å²) < 4.78 is 26.4. The molecule has 23 heavy (non-hydrogen) atoms. The molecule has 0 saturated heterocycles. The molecule has 1 aromatic carbocycles. The minimum Gasteiger partial charge on any atom is -0.346 e. The fourth-order valence-corrected chi connectivity index (χ4v) is 2.61. The highest BCUT2D eigenvalue weighted by atomic mass is 35.5. The van der Waals surface area contributed by atoms with E-state index in [2.05, 4.69) is 10.3 Å². The lowest BCUT2D eigenvalue weighted by Crippen LogP contribution is -2.24. The molecule has 1 amide bonds. The van der Waals surface area contributed by atoms with Gasteiger partial charge in [0.1, 0.15) is 0 Å². The summed E-state index contributed by atoms with van der Waals surface area (Å²) in [6.07, 6.45) is 1.02. The van der Waals surface area contributed by atoms with Crippen LogP contribution in [0.2, 0.25) is 15.1 Å². The molecule has 1 heterocycles. The fraction of sp³-hybridized carbons (Fsp3) is 0.200. The lowest BCUT2D eigenvalue weighted by molar-refractivity contribution is 0.0171. The van der Waals surface area contributed by atoms with Crippen LogP contribution < -0.4 is 5.32 Å². The topological polar surface area (TPSA) is 42.0 Å². The van der Waals surface area contributed by atoms with Crippen molar-refractivity contribution in [3.63, 3.8) is 0 Å². The number of pyridine rings is 1. The molecule has 0 aliphatic rings. The molecule has 0 atom stereocenters. The Morgan fingerprint density at radius 3 is 2.35 bits per heavy atom. The van der Waals surface area contributed by atoms with Crippen LogP contribution in [-0.4, -0.2) is 10.9 Å². The maximum atomic E-state index is 13.2. The molecule has 0 unspecified atom stereocenters. The van der Waals surface area contributed by atoms with E-state index in [1.807, 2.05) is 0 Å². The van der Waals surface area contributed by atoms with Gasteiger partial charge in [0.15, 0.2) is 0 Å². The molecule has 8 heteroatoms. The van der Waals surface area contributed by atoms with Crippen molar-refractivity contribution in [3.8, 4) is 0 Å². The second-order valence-corrected chi connectivity index (χ2v) is 6.04. The molecule has 122 valence electrons. The number of hydrogen-bond donors (Lipinski definition) is 1. The van der Waals surface area contributed by atoms with Gasteiger partial charge in [0.05, 0.1) is 32.9 Å². The third-order valence-electron chi connectivity index (χ3n) is 3.03. The van der Waals surface area contributed by atoms with Crippen LogP contribution in [-0.2, 0) is 12.5 Å². The molecule has 0 aliphatic heterocycles. The molecule has 0 spiro atoms. The van der Waals surface area contributed by atoms with Gasteiger partial charge in [0, 0.05) is 18.7 Å². The van der Waals surface area contributed by atoms with Crippen molar-refractivity contribution in [2.75, 3.05) is 0 Å². The van der Waals surface area contributed by atoms with Gasteiger partial charge in [-0.1, -0.05) is 40.9 Å². The summed E-state index contributed by atoms with van der Waals surface area (Å²) in [5.74, 6) is -3.55. The predicted molar refractivity (Wildman–Crippen MR) is 86.4 cm³/mol. The summed E-state index contributed by atoms with van der Waals surface area (Å²) in [6, 6.07) is 5.81. The molecule has 1 N–H and O–H groups in total. The van der Waals surface area contributed by atoms with Gasteiger partial charge in [-0.2, -0.15) is 0 Å². The number of nitrogens with zero attached hydrogens (tertiary/aromatic N) is 1. The van der Waals surface area contributed by atoms with Crippen molar-refractivity contribution in [1.29, 1.82) is 0 Å². The Bertz CT molecular complexity index is 728. The van der Waals surface area contributed by atoms with Gasteiger partial charge in [-0.25, -0.2) is 8.78 Å². The van der Waals surface area contributed by atoms with Crippen molar-refractivity contribution < 1.29 is 13.6 Å². The second-order valence-electron chi connectivity index (χ2n) is 4.82. The first kappa shape index (κ1) is 17.9. The SMILES string of the molecule is CC(F)(F)c1cnc(CNC(=O)c2c(Cl)cccc2Cl)c(Cl)c1. The van der Waals surface area contributed by atoms with Crippen molar-refractivity contribution in [3.05, 3.63) is 62.4 Å². The Labute approximate surface area is 146 Å². The Balaban J connectivity index is 2.14. The van der Waals surface area contributed by atoms with Crippen LogP contribution in [0.3, 0.4) is 0 Å². The zero-order valence-electron chi connectivity index (χ0n) is 11.8. The van der Waals surface area contributed by atoms with Crippen LogP contribution >= 0.6 is 34.8 Å². The molecule has 2 rings (SSSR count). The zero-order chi connectivity index (χ0) is 17.2. The average Bonchev–Trinajstić information content (AvgIpc) is 2.44. The van der Waals surface area contributed by atoms with Crippen LogP contribution in [0, 0.1) is 0 Å². The van der Waals surface area contributed by atoms with Gasteiger partial charge >= 0.3 is 0 Å². The number of amides is 1. The quantitative estimate of drug-likeness (QED) is 0.804. The van der Waals surface area contributed by atoms with Crippen LogP contribution in [0.5, 0.6) is 0 Å². The number of rotatable bonds is 4. The maximum Gasteiger partial charge on any atom is 0.272 e. The van der Waals surface area contributed by atoms with E-state index in [4.69, 9.17) is 34.8 Å². The van der Waals surface area contributed by atoms with Crippen LogP contribution in [0.1, 0.15) is 28.5 Å². The van der Waals surface area contributed by atoms with Gasteiger partial charge in [0.25, 0.3) is 11.8 Å². The molecule has 0 radical (unpaired) electrons. The van der Waals surface area contributed by atoms with E-state index < -0.39 is 11.8 Å². The van der Waals surface area contributed by atoms with Crippen LogP contribution in [0.4, 0.5) is 8.78 Å². The van der Waals surface area contributed by atoms with E-state index in [1.54, 1.807) is 6.07 Å². The highest BCUT2D eigenvalue weighted by molar-refractivity contribution is 6.39. The summed E-state index contributed by atoms with van der Waals surface area (Å²) in [5, 5.41) is 3.00. The highest BCUT2D eigenvalue weighted by Gasteiger charge is 2.25. The third-order valence-corrected chi connectivity index (χ3v) is 3.99. The standard InChI is InChI=1S/C15H11Cl3F2N2O/c1-15(19,20)8-5-11(18)12(21-6-8)7-22-14(23)13-9(16)3-2-4-10(13)17/h2-6H,7H2,1H3,(H,22,23). The summed E-state index contributed by atoms with van der Waals surface area (Å²) in [4.78, 5) is 16.0. The van der Waals surface area contributed by atoms with Crippen molar-refractivity contribution in [2.45, 2.75) is 19.4 Å². The van der Waals surface area contributed by atoms with Gasteiger partial charge in [-0.05, 0) is 18.2 Å². The second kappa shape index (κ2) is 6.99. The summed E-state index contributed by atoms with van der Waals surface area (Å²) in [5.41, 5.74) is 0.0894. The minimum absolute atomic E-state index is 0.0366. The van der Waals surface area contributed by atoms with Gasteiger partial charge < -0.3 is 5.32 Å². The molecule has 0 fully saturated rings. The van der Waals surface area contributed by atoms with Crippen molar-refractivity contribution >= 4 is 40.7 Å². The molecular formula is C15H11Cl3F2N2O. The minimum atomic E-state index is -3.04. The van der Waals surface area contributed by atoms with E-state index >= 15 is 0 Å². The van der Waals surface area contributed by atoms with Crippen LogP contribution in [0.25, 0.3) is 0 Å². The number of nitrogens with one attached hydrogen (secondary N) is 1. The summed E-state index contributed by atoms with van der Waals surface area (Å²) in [6.45, 7) is 0.704. The van der Waals surface area contributed by atoms with Crippen LogP contribution in [0.15, 0.2) is 30.5 Å². The number of halogens is 5. The van der Waals surface area contributed by atoms with Gasteiger partial charge in [-0.3, -0.25) is 9.78 Å². The smallest absolute Gasteiger partial charge is 0.272 e. The average molecular weight is 380 g/mol. The molecule has 0 bridgehead atoms. The van der Waals surface area contributed by atoms with Gasteiger partial charge in [-0.15, -0.1) is 0 Å². The first-order valence-corrected chi connectivity index (χ1v) is 7.58. The molecule has 1 aromatic heterocycles. The number of alkyl halides is 2. The monoisotopic (exact) mass is 378 g/mol. The number of benzene rings is 1. The fourth-order valence-electron chi connectivity index (χ4n) is 1.80. The number of carbonyl (C=O) groups excluding carboxylic acids is 1. The Kier molecular flexibility index (Phi) is 5.45. The van der Waals surface area contributed by atoms with E-state index in [1.165, 1.54) is 12.1 Å². The Hall–Kier alpha value is -1.43. The van der Waals surface area contributed by atoms with E-state index in [0.717, 1.165) is 19.2 Å². The Morgan fingerprint density at radius 2 is 1.83 bits per heavy atom. The Morgan fingerprint density at radius 1 is 1.22 bits per heavy atom. The lowest BCUT2D eigenvalue weighted by atomic mass is 10.1. The van der Waals surface area contributed by atoms with Gasteiger partial charge in [0.2, 0.25) is 0 Å². The largest absolute Gasteiger partial charge is 0.346 e. The number of aromatic nitrogens is 1. The summed E-state index contributed by atoms with van der Waals surface area (Å²) in [7, 11) is 0. The first-order valence-electron chi connectivity index (χ1n) is 6.45. The number of hydrogen-bond acceptors (Lipinski definition) is 2. The highest BCUT2D eigenvalue weighted by Crippen LogP contribution is 2.29. The van der Waals surface area contributed by atoms with Crippen molar-refractivity contribution in [2.24, 2.45) is 0 Å². The zero-order valence-corrected chi connectivity index (χ0v) is 14.1. The maximum absolute atomic E-state index is 13.2. The van der Waals surface area contributed by atoms with E-state index in [-0.39, 0.29) is 38.4 Å². The number of carbonyl (C=O) groups is 1. The third kappa shape index (κ3) is 4.31. The molecule has 2 aromatic rings. The van der Waals surface area contributed by atoms with E-state index in [9.17, 15) is 13.6 Å². The lowest BCUT2D eigenvalue weighted by Gasteiger charge is -2.13. The normalized spacial score (nSPS) is 11.4. The molecular weight excluding hydrogens is 369 g/mol. The summed E-state index contributed by atoms with van der Waals surface area (Å²) >= 11 is 17.8. The predicted octanol–water partition coefficient (Wildman–Crippen LogP) is 5.08. The molecule has 0 aliphatic carbocycles.